The molecule has 24 heavy (non-hydrogen) atoms. The monoisotopic (exact) mass is 369 g/mol. The Morgan fingerprint density at radius 2 is 2.21 bits per heavy atom. The SMILES string of the molecule is COCCN(C(=O)Cn1ccc(C(F)(F)F)n1)C1CCS(=O)(=O)C1. The minimum absolute atomic E-state index is 0.00554. The molecular formula is C13H18F3N3O4S. The summed E-state index contributed by atoms with van der Waals surface area (Å²) in [6.07, 6.45) is -3.20. The van der Waals surface area contributed by atoms with Gasteiger partial charge in [0.25, 0.3) is 0 Å². The van der Waals surface area contributed by atoms with Crippen LogP contribution < -0.4 is 0 Å². The van der Waals surface area contributed by atoms with Crippen LogP contribution in [0, 0.1) is 0 Å². The van der Waals surface area contributed by atoms with Gasteiger partial charge in [0.05, 0.1) is 18.1 Å². The summed E-state index contributed by atoms with van der Waals surface area (Å²) < 4.78 is 66.6. The number of alkyl halides is 3. The van der Waals surface area contributed by atoms with Gasteiger partial charge in [0, 0.05) is 25.9 Å². The van der Waals surface area contributed by atoms with Crippen LogP contribution in [-0.2, 0) is 32.1 Å². The molecule has 0 aliphatic carbocycles. The number of hydrogen-bond donors (Lipinski definition) is 0. The maximum Gasteiger partial charge on any atom is 0.435 e. The molecule has 7 nitrogen and oxygen atoms in total. The third-order valence-electron chi connectivity index (χ3n) is 3.73. The Morgan fingerprint density at radius 1 is 1.50 bits per heavy atom. The molecule has 2 heterocycles. The number of ether oxygens (including phenoxy) is 1. The van der Waals surface area contributed by atoms with E-state index in [1.54, 1.807) is 0 Å². The van der Waals surface area contributed by atoms with E-state index in [4.69, 9.17) is 4.74 Å². The minimum Gasteiger partial charge on any atom is -0.383 e. The van der Waals surface area contributed by atoms with Crippen LogP contribution in [0.3, 0.4) is 0 Å². The van der Waals surface area contributed by atoms with Gasteiger partial charge in [-0.3, -0.25) is 9.48 Å². The summed E-state index contributed by atoms with van der Waals surface area (Å²) >= 11 is 0. The molecule has 2 rings (SSSR count). The number of sulfone groups is 1. The standard InChI is InChI=1S/C13H18F3N3O4S/c1-23-6-5-19(10-3-7-24(21,22)9-10)12(20)8-18-4-2-11(17-18)13(14,15)16/h2,4,10H,3,5-9H2,1H3. The molecule has 1 atom stereocenters. The molecule has 1 aliphatic rings. The number of rotatable bonds is 6. The first kappa shape index (κ1) is 18.7. The van der Waals surface area contributed by atoms with Gasteiger partial charge in [-0.1, -0.05) is 0 Å². The third kappa shape index (κ3) is 4.69. The topological polar surface area (TPSA) is 81.5 Å². The Balaban J connectivity index is 2.09. The number of nitrogens with zero attached hydrogens (tertiary/aromatic N) is 3. The lowest BCUT2D eigenvalue weighted by Gasteiger charge is -2.28. The lowest BCUT2D eigenvalue weighted by atomic mass is 10.2. The first-order chi connectivity index (χ1) is 11.1. The third-order valence-corrected chi connectivity index (χ3v) is 5.48. The van der Waals surface area contributed by atoms with Crippen molar-refractivity contribution < 1.29 is 31.1 Å². The summed E-state index contributed by atoms with van der Waals surface area (Å²) in [5.41, 5.74) is -1.08. The Labute approximate surface area is 137 Å². The van der Waals surface area contributed by atoms with Gasteiger partial charge in [0.1, 0.15) is 6.54 Å². The van der Waals surface area contributed by atoms with Crippen LogP contribution in [0.1, 0.15) is 12.1 Å². The quantitative estimate of drug-likeness (QED) is 0.732. The second-order valence-electron chi connectivity index (χ2n) is 5.53. The van der Waals surface area contributed by atoms with E-state index in [1.165, 1.54) is 12.0 Å². The van der Waals surface area contributed by atoms with Crippen molar-refractivity contribution in [3.05, 3.63) is 18.0 Å². The van der Waals surface area contributed by atoms with Gasteiger partial charge >= 0.3 is 6.18 Å². The fourth-order valence-corrected chi connectivity index (χ4v) is 4.28. The summed E-state index contributed by atoms with van der Waals surface area (Å²) in [6, 6.07) is 0.294. The number of aromatic nitrogens is 2. The fourth-order valence-electron chi connectivity index (χ4n) is 2.55. The molecule has 1 amide bonds. The predicted octanol–water partition coefficient (Wildman–Crippen LogP) is 0.564. The molecule has 1 aromatic rings. The van der Waals surface area contributed by atoms with Crippen LogP contribution in [0.25, 0.3) is 0 Å². The normalized spacial score (nSPS) is 20.2. The van der Waals surface area contributed by atoms with Gasteiger partial charge in [-0.05, 0) is 12.5 Å². The van der Waals surface area contributed by atoms with Gasteiger partial charge in [-0.2, -0.15) is 18.3 Å². The summed E-state index contributed by atoms with van der Waals surface area (Å²) in [5, 5.41) is 3.33. The van der Waals surface area contributed by atoms with Crippen LogP contribution in [-0.4, -0.2) is 66.8 Å². The van der Waals surface area contributed by atoms with Gasteiger partial charge < -0.3 is 9.64 Å². The van der Waals surface area contributed by atoms with Crippen molar-refractivity contribution in [3.8, 4) is 0 Å². The Morgan fingerprint density at radius 3 is 2.71 bits per heavy atom. The number of hydrogen-bond acceptors (Lipinski definition) is 5. The minimum atomic E-state index is -4.58. The summed E-state index contributed by atoms with van der Waals surface area (Å²) in [6.45, 7) is -0.0194. The molecule has 0 saturated carbocycles. The van der Waals surface area contributed by atoms with Crippen molar-refractivity contribution in [3.63, 3.8) is 0 Å². The molecular weight excluding hydrogens is 351 g/mol. The number of amides is 1. The van der Waals surface area contributed by atoms with Gasteiger partial charge in [0.2, 0.25) is 5.91 Å². The highest BCUT2D eigenvalue weighted by atomic mass is 32.2. The molecule has 0 spiro atoms. The predicted molar refractivity (Wildman–Crippen MR) is 77.9 cm³/mol. The largest absolute Gasteiger partial charge is 0.435 e. The van der Waals surface area contributed by atoms with E-state index in [-0.39, 0.29) is 24.7 Å². The van der Waals surface area contributed by atoms with Crippen molar-refractivity contribution in [2.75, 3.05) is 31.8 Å². The maximum atomic E-state index is 12.5. The molecule has 11 heteroatoms. The zero-order chi connectivity index (χ0) is 18.0. The maximum absolute atomic E-state index is 12.5. The molecule has 0 aromatic carbocycles. The zero-order valence-electron chi connectivity index (χ0n) is 13.0. The number of halogens is 3. The molecule has 0 radical (unpaired) electrons. The average Bonchev–Trinajstić information content (AvgIpc) is 3.05. The number of methoxy groups -OCH3 is 1. The van der Waals surface area contributed by atoms with Crippen molar-refractivity contribution in [2.45, 2.75) is 25.2 Å². The Hall–Kier alpha value is -1.62. The molecule has 1 fully saturated rings. The van der Waals surface area contributed by atoms with Crippen molar-refractivity contribution >= 4 is 15.7 Å². The highest BCUT2D eigenvalue weighted by Gasteiger charge is 2.36. The zero-order valence-corrected chi connectivity index (χ0v) is 13.8. The van der Waals surface area contributed by atoms with Crippen LogP contribution in [0.15, 0.2) is 12.3 Å². The van der Waals surface area contributed by atoms with E-state index in [2.05, 4.69) is 5.10 Å². The van der Waals surface area contributed by atoms with E-state index in [9.17, 15) is 26.4 Å². The van der Waals surface area contributed by atoms with Gasteiger partial charge in [-0.25, -0.2) is 8.42 Å². The first-order valence-corrected chi connectivity index (χ1v) is 9.04. The van der Waals surface area contributed by atoms with E-state index in [0.29, 0.717) is 6.42 Å². The smallest absolute Gasteiger partial charge is 0.383 e. The molecule has 1 aromatic heterocycles. The van der Waals surface area contributed by atoms with Gasteiger partial charge in [-0.15, -0.1) is 0 Å². The van der Waals surface area contributed by atoms with Crippen LogP contribution in [0.5, 0.6) is 0 Å². The lowest BCUT2D eigenvalue weighted by Crippen LogP contribution is -2.44. The molecule has 136 valence electrons. The molecule has 1 saturated heterocycles. The molecule has 1 aliphatic heterocycles. The van der Waals surface area contributed by atoms with Gasteiger partial charge in [0.15, 0.2) is 15.5 Å². The second kappa shape index (κ2) is 7.09. The molecule has 0 bridgehead atoms. The van der Waals surface area contributed by atoms with Crippen LogP contribution in [0.4, 0.5) is 13.2 Å². The van der Waals surface area contributed by atoms with Crippen molar-refractivity contribution in [1.82, 2.24) is 14.7 Å². The second-order valence-corrected chi connectivity index (χ2v) is 7.76. The fraction of sp³-hybridized carbons (Fsp3) is 0.692. The Bertz CT molecular complexity index is 687. The highest BCUT2D eigenvalue weighted by molar-refractivity contribution is 7.91. The Kier molecular flexibility index (Phi) is 5.53. The van der Waals surface area contributed by atoms with E-state index in [1.807, 2.05) is 0 Å². The average molecular weight is 369 g/mol. The van der Waals surface area contributed by atoms with Crippen molar-refractivity contribution in [1.29, 1.82) is 0 Å². The lowest BCUT2D eigenvalue weighted by molar-refractivity contribution is -0.142. The van der Waals surface area contributed by atoms with E-state index >= 15 is 0 Å². The molecule has 1 unspecified atom stereocenters. The number of carbonyl (C=O) groups excluding carboxylic acids is 1. The van der Waals surface area contributed by atoms with E-state index in [0.717, 1.165) is 16.9 Å². The van der Waals surface area contributed by atoms with E-state index < -0.39 is 40.2 Å². The molecule has 0 N–H and O–H groups in total. The highest BCUT2D eigenvalue weighted by Crippen LogP contribution is 2.27. The number of carbonyl (C=O) groups is 1. The first-order valence-electron chi connectivity index (χ1n) is 7.22. The van der Waals surface area contributed by atoms with Crippen LogP contribution in [0.2, 0.25) is 0 Å². The van der Waals surface area contributed by atoms with Crippen LogP contribution >= 0.6 is 0 Å². The summed E-state index contributed by atoms with van der Waals surface area (Å²) in [4.78, 5) is 13.8. The summed E-state index contributed by atoms with van der Waals surface area (Å²) in [7, 11) is -1.75. The van der Waals surface area contributed by atoms with Crippen molar-refractivity contribution in [2.24, 2.45) is 0 Å². The summed E-state index contributed by atoms with van der Waals surface area (Å²) in [5.74, 6) is -0.643.